The minimum atomic E-state index is -0.703. The second-order valence-electron chi connectivity index (χ2n) is 7.08. The van der Waals surface area contributed by atoms with E-state index >= 15 is 0 Å². The van der Waals surface area contributed by atoms with E-state index in [0.29, 0.717) is 16.5 Å². The second-order valence-corrected chi connectivity index (χ2v) is 7.49. The number of rotatable bonds is 6. The van der Waals surface area contributed by atoms with Crippen molar-refractivity contribution in [3.8, 4) is 5.75 Å². The first-order valence-corrected chi connectivity index (χ1v) is 10.0. The standard InChI is InChI=1S/C22H25ClN2O3/c1-15(28-20-10-6-5-9-19(20)23)21(26)24-17-11-13-18(14-12-17)25-22(27)16-7-3-2-4-8-16/h5-6,9-16H,2-4,7-8H2,1H3,(H,24,26)(H,25,27). The molecule has 0 heterocycles. The van der Waals surface area contributed by atoms with Crippen LogP contribution in [0.4, 0.5) is 11.4 Å². The molecule has 6 heteroatoms. The predicted octanol–water partition coefficient (Wildman–Crippen LogP) is 5.26. The summed E-state index contributed by atoms with van der Waals surface area (Å²) >= 11 is 6.06. The summed E-state index contributed by atoms with van der Waals surface area (Å²) in [6, 6.07) is 14.1. The fourth-order valence-corrected chi connectivity index (χ4v) is 3.45. The van der Waals surface area contributed by atoms with Crippen molar-refractivity contribution in [1.82, 2.24) is 0 Å². The van der Waals surface area contributed by atoms with Gasteiger partial charge in [-0.1, -0.05) is 43.0 Å². The zero-order chi connectivity index (χ0) is 19.9. The Bertz CT molecular complexity index is 817. The fraction of sp³-hybridized carbons (Fsp3) is 0.364. The van der Waals surface area contributed by atoms with Crippen LogP contribution in [0.5, 0.6) is 5.75 Å². The van der Waals surface area contributed by atoms with E-state index in [-0.39, 0.29) is 17.7 Å². The molecule has 1 saturated carbocycles. The van der Waals surface area contributed by atoms with Gasteiger partial charge in [-0.2, -0.15) is 0 Å². The van der Waals surface area contributed by atoms with Crippen LogP contribution in [-0.4, -0.2) is 17.9 Å². The van der Waals surface area contributed by atoms with E-state index in [1.165, 1.54) is 6.42 Å². The highest BCUT2D eigenvalue weighted by Gasteiger charge is 2.21. The Kier molecular flexibility index (Phi) is 6.93. The van der Waals surface area contributed by atoms with E-state index < -0.39 is 6.10 Å². The lowest BCUT2D eigenvalue weighted by Gasteiger charge is -2.20. The van der Waals surface area contributed by atoms with Crippen molar-refractivity contribution in [2.24, 2.45) is 5.92 Å². The van der Waals surface area contributed by atoms with Crippen LogP contribution in [-0.2, 0) is 9.59 Å². The van der Waals surface area contributed by atoms with Gasteiger partial charge in [0.05, 0.1) is 5.02 Å². The normalized spacial score (nSPS) is 15.5. The van der Waals surface area contributed by atoms with Crippen molar-refractivity contribution < 1.29 is 14.3 Å². The first-order valence-electron chi connectivity index (χ1n) is 9.66. The van der Waals surface area contributed by atoms with Gasteiger partial charge in [-0.15, -0.1) is 0 Å². The SMILES string of the molecule is CC(Oc1ccccc1Cl)C(=O)Nc1ccc(NC(=O)C2CCCCC2)cc1. The summed E-state index contributed by atoms with van der Waals surface area (Å²) in [5.74, 6) is 0.376. The van der Waals surface area contributed by atoms with E-state index in [2.05, 4.69) is 10.6 Å². The fourth-order valence-electron chi connectivity index (χ4n) is 3.27. The maximum atomic E-state index is 12.3. The molecule has 2 aromatic rings. The zero-order valence-corrected chi connectivity index (χ0v) is 16.7. The molecule has 0 radical (unpaired) electrons. The smallest absolute Gasteiger partial charge is 0.265 e. The Morgan fingerprint density at radius 3 is 2.21 bits per heavy atom. The second kappa shape index (κ2) is 9.60. The van der Waals surface area contributed by atoms with Crippen LogP contribution in [0, 0.1) is 5.92 Å². The summed E-state index contributed by atoms with van der Waals surface area (Å²) in [6.45, 7) is 1.66. The number of para-hydroxylation sites is 1. The zero-order valence-electron chi connectivity index (χ0n) is 15.9. The van der Waals surface area contributed by atoms with Crippen LogP contribution >= 0.6 is 11.6 Å². The molecule has 148 valence electrons. The molecule has 1 fully saturated rings. The summed E-state index contributed by atoms with van der Waals surface area (Å²) < 4.78 is 5.62. The lowest BCUT2D eigenvalue weighted by molar-refractivity contribution is -0.122. The number of anilines is 2. The molecule has 1 atom stereocenters. The van der Waals surface area contributed by atoms with E-state index in [1.54, 1.807) is 55.5 Å². The third-order valence-corrected chi connectivity index (χ3v) is 5.22. The summed E-state index contributed by atoms with van der Waals surface area (Å²) in [5.41, 5.74) is 1.37. The van der Waals surface area contributed by atoms with Crippen LogP contribution in [0.1, 0.15) is 39.0 Å². The van der Waals surface area contributed by atoms with Crippen molar-refractivity contribution >= 4 is 34.8 Å². The molecule has 2 N–H and O–H groups in total. The molecule has 2 aromatic carbocycles. The highest BCUT2D eigenvalue weighted by Crippen LogP contribution is 2.26. The molecule has 1 aliphatic carbocycles. The molecule has 0 saturated heterocycles. The van der Waals surface area contributed by atoms with Gasteiger partial charge in [-0.05, 0) is 56.2 Å². The molecule has 1 unspecified atom stereocenters. The molecule has 28 heavy (non-hydrogen) atoms. The summed E-state index contributed by atoms with van der Waals surface area (Å²) in [5, 5.41) is 6.23. The van der Waals surface area contributed by atoms with Gasteiger partial charge >= 0.3 is 0 Å². The molecule has 2 amide bonds. The third-order valence-electron chi connectivity index (χ3n) is 4.91. The lowest BCUT2D eigenvalue weighted by atomic mass is 9.88. The number of ether oxygens (including phenoxy) is 1. The van der Waals surface area contributed by atoms with Gasteiger partial charge in [0.15, 0.2) is 6.10 Å². The minimum absolute atomic E-state index is 0.0817. The van der Waals surface area contributed by atoms with Crippen LogP contribution in [0.3, 0.4) is 0 Å². The van der Waals surface area contributed by atoms with Crippen LogP contribution < -0.4 is 15.4 Å². The third kappa shape index (κ3) is 5.49. The Hall–Kier alpha value is -2.53. The predicted molar refractivity (Wildman–Crippen MR) is 112 cm³/mol. The maximum absolute atomic E-state index is 12.3. The maximum Gasteiger partial charge on any atom is 0.265 e. The Morgan fingerprint density at radius 2 is 1.57 bits per heavy atom. The molecule has 1 aliphatic rings. The molecular weight excluding hydrogens is 376 g/mol. The van der Waals surface area contributed by atoms with Crippen LogP contribution in [0.15, 0.2) is 48.5 Å². The first kappa shape index (κ1) is 20.2. The van der Waals surface area contributed by atoms with Crippen molar-refractivity contribution in [3.63, 3.8) is 0 Å². The van der Waals surface area contributed by atoms with E-state index in [0.717, 1.165) is 31.4 Å². The summed E-state index contributed by atoms with van der Waals surface area (Å²) in [4.78, 5) is 24.7. The Labute approximate surface area is 170 Å². The van der Waals surface area contributed by atoms with Gasteiger partial charge in [-0.3, -0.25) is 9.59 Å². The number of halogens is 1. The molecule has 0 aromatic heterocycles. The highest BCUT2D eigenvalue weighted by atomic mass is 35.5. The molecule has 5 nitrogen and oxygen atoms in total. The first-order chi connectivity index (χ1) is 13.5. The number of hydrogen-bond donors (Lipinski definition) is 2. The number of carbonyl (C=O) groups is 2. The van der Waals surface area contributed by atoms with Crippen molar-refractivity contribution in [2.45, 2.75) is 45.1 Å². The Morgan fingerprint density at radius 1 is 0.964 bits per heavy atom. The van der Waals surface area contributed by atoms with E-state index in [1.807, 2.05) is 0 Å². The number of hydrogen-bond acceptors (Lipinski definition) is 3. The topological polar surface area (TPSA) is 67.4 Å². The number of benzene rings is 2. The molecular formula is C22H25ClN2O3. The van der Waals surface area contributed by atoms with Gasteiger partial charge in [0.1, 0.15) is 5.75 Å². The van der Waals surface area contributed by atoms with Crippen molar-refractivity contribution in [1.29, 1.82) is 0 Å². The average molecular weight is 401 g/mol. The quantitative estimate of drug-likeness (QED) is 0.694. The number of amides is 2. The van der Waals surface area contributed by atoms with Crippen LogP contribution in [0.2, 0.25) is 5.02 Å². The minimum Gasteiger partial charge on any atom is -0.479 e. The van der Waals surface area contributed by atoms with Crippen LogP contribution in [0.25, 0.3) is 0 Å². The van der Waals surface area contributed by atoms with E-state index in [4.69, 9.17) is 16.3 Å². The molecule has 0 bridgehead atoms. The highest BCUT2D eigenvalue weighted by molar-refractivity contribution is 6.32. The van der Waals surface area contributed by atoms with Gasteiger partial charge in [-0.25, -0.2) is 0 Å². The van der Waals surface area contributed by atoms with E-state index in [9.17, 15) is 9.59 Å². The molecule has 0 aliphatic heterocycles. The number of carbonyl (C=O) groups excluding carboxylic acids is 2. The van der Waals surface area contributed by atoms with Gasteiger partial charge in [0.25, 0.3) is 5.91 Å². The molecule has 0 spiro atoms. The summed E-state index contributed by atoms with van der Waals surface area (Å²) in [6.07, 6.45) is 4.68. The van der Waals surface area contributed by atoms with Crippen molar-refractivity contribution in [2.75, 3.05) is 10.6 Å². The average Bonchev–Trinajstić information content (AvgIpc) is 2.71. The van der Waals surface area contributed by atoms with Gasteiger partial charge in [0.2, 0.25) is 5.91 Å². The Balaban J connectivity index is 1.52. The summed E-state index contributed by atoms with van der Waals surface area (Å²) in [7, 11) is 0. The van der Waals surface area contributed by atoms with Gasteiger partial charge in [0, 0.05) is 17.3 Å². The van der Waals surface area contributed by atoms with Gasteiger partial charge < -0.3 is 15.4 Å². The number of nitrogens with one attached hydrogen (secondary N) is 2. The largest absolute Gasteiger partial charge is 0.479 e. The van der Waals surface area contributed by atoms with Crippen molar-refractivity contribution in [3.05, 3.63) is 53.6 Å². The monoisotopic (exact) mass is 400 g/mol. The lowest BCUT2D eigenvalue weighted by Crippen LogP contribution is -2.30. The molecule has 3 rings (SSSR count).